The Morgan fingerprint density at radius 1 is 1.12 bits per heavy atom. The van der Waals surface area contributed by atoms with Crippen molar-refractivity contribution in [1.82, 2.24) is 15.8 Å². The van der Waals surface area contributed by atoms with Crippen LogP contribution in [0.1, 0.15) is 106 Å². The number of nitrogens with zero attached hydrogens (tertiary/aromatic N) is 3. The molecule has 3 fully saturated rings. The molecular formula is C38H49Cl2N7O+2. The van der Waals surface area contributed by atoms with E-state index in [9.17, 15) is 4.79 Å². The summed E-state index contributed by atoms with van der Waals surface area (Å²) in [4.78, 5) is 21.4. The smallest absolute Gasteiger partial charge is 0.272 e. The van der Waals surface area contributed by atoms with Gasteiger partial charge in [-0.05, 0) is 104 Å². The van der Waals surface area contributed by atoms with Crippen molar-refractivity contribution in [3.63, 3.8) is 0 Å². The number of benzene rings is 2. The molecule has 254 valence electrons. The topological polar surface area (TPSA) is 121 Å². The minimum Gasteiger partial charge on any atom is -0.384 e. The van der Waals surface area contributed by atoms with Gasteiger partial charge in [0.05, 0.1) is 24.0 Å². The fourth-order valence-electron chi connectivity index (χ4n) is 7.61. The van der Waals surface area contributed by atoms with Crippen LogP contribution in [0.2, 0.25) is 10.0 Å². The fourth-order valence-corrected chi connectivity index (χ4v) is 8.13. The summed E-state index contributed by atoms with van der Waals surface area (Å²) < 4.78 is 0. The van der Waals surface area contributed by atoms with Crippen LogP contribution < -0.4 is 22.4 Å². The number of carbonyl (C=O) groups excluding carboxylic acids is 1. The number of amides is 1. The molecule has 0 aromatic heterocycles. The van der Waals surface area contributed by atoms with E-state index >= 15 is 0 Å². The molecule has 3 aliphatic carbocycles. The van der Waals surface area contributed by atoms with E-state index in [4.69, 9.17) is 39.8 Å². The summed E-state index contributed by atoms with van der Waals surface area (Å²) >= 11 is 13.2. The van der Waals surface area contributed by atoms with Crippen molar-refractivity contribution in [3.8, 4) is 0 Å². The van der Waals surface area contributed by atoms with Crippen LogP contribution >= 0.6 is 23.2 Å². The van der Waals surface area contributed by atoms with Crippen LogP contribution in [0.3, 0.4) is 0 Å². The summed E-state index contributed by atoms with van der Waals surface area (Å²) in [5.74, 6) is 7.15. The molecule has 1 amide bonds. The Labute approximate surface area is 295 Å². The zero-order chi connectivity index (χ0) is 34.2. The first-order valence-electron chi connectivity index (χ1n) is 17.4. The van der Waals surface area contributed by atoms with E-state index in [1.54, 1.807) is 6.07 Å². The van der Waals surface area contributed by atoms with Gasteiger partial charge in [0, 0.05) is 27.6 Å². The third kappa shape index (κ3) is 7.46. The van der Waals surface area contributed by atoms with Gasteiger partial charge in [-0.25, -0.2) is 11.4 Å². The van der Waals surface area contributed by atoms with Gasteiger partial charge in [0.25, 0.3) is 11.3 Å². The van der Waals surface area contributed by atoms with Crippen LogP contribution in [0.25, 0.3) is 0 Å². The second-order valence-corrected chi connectivity index (χ2v) is 15.6. The highest BCUT2D eigenvalue weighted by Crippen LogP contribution is 2.56. The van der Waals surface area contributed by atoms with Crippen molar-refractivity contribution in [2.24, 2.45) is 44.8 Å². The lowest BCUT2D eigenvalue weighted by Gasteiger charge is -2.48. The maximum absolute atomic E-state index is 13.0. The molecule has 0 saturated heterocycles. The molecule has 10 heteroatoms. The van der Waals surface area contributed by atoms with E-state index in [0.717, 1.165) is 69.1 Å². The summed E-state index contributed by atoms with van der Waals surface area (Å²) in [7, 11) is 0. The van der Waals surface area contributed by atoms with E-state index in [0.29, 0.717) is 33.4 Å². The van der Waals surface area contributed by atoms with Crippen molar-refractivity contribution in [2.45, 2.75) is 90.3 Å². The van der Waals surface area contributed by atoms with Gasteiger partial charge in [0.2, 0.25) is 0 Å². The molecule has 1 heterocycles. The summed E-state index contributed by atoms with van der Waals surface area (Å²) in [6.07, 6.45) is 11.6. The lowest BCUT2D eigenvalue weighted by molar-refractivity contribution is 0.0344. The Morgan fingerprint density at radius 2 is 1.77 bits per heavy atom. The van der Waals surface area contributed by atoms with E-state index in [1.807, 2.05) is 24.3 Å². The number of amidine groups is 1. The molecule has 1 aliphatic heterocycles. The molecule has 2 aromatic rings. The highest BCUT2D eigenvalue weighted by atomic mass is 35.5. The summed E-state index contributed by atoms with van der Waals surface area (Å²) in [5, 5.41) is 7.75. The molecule has 2 aromatic carbocycles. The van der Waals surface area contributed by atoms with Crippen molar-refractivity contribution in [3.05, 3.63) is 93.8 Å². The Kier molecular flexibility index (Phi) is 9.99. The molecule has 1 spiro atoms. The van der Waals surface area contributed by atoms with Gasteiger partial charge in [-0.1, -0.05) is 56.1 Å². The molecule has 0 radical (unpaired) electrons. The Hall–Kier alpha value is -3.33. The monoisotopic (exact) mass is 689 g/mol. The van der Waals surface area contributed by atoms with Gasteiger partial charge < -0.3 is 16.0 Å². The largest absolute Gasteiger partial charge is 0.384 e. The predicted octanol–water partition coefficient (Wildman–Crippen LogP) is 7.74. The number of halogens is 2. The third-order valence-corrected chi connectivity index (χ3v) is 11.5. The minimum absolute atomic E-state index is 0.0201. The van der Waals surface area contributed by atoms with E-state index in [2.05, 4.69) is 67.1 Å². The first kappa shape index (κ1) is 34.5. The molecule has 6 N–H and O–H groups in total. The zero-order valence-corrected chi connectivity index (χ0v) is 29.9. The Bertz CT molecular complexity index is 1580. The van der Waals surface area contributed by atoms with Gasteiger partial charge in [-0.3, -0.25) is 9.79 Å². The molecular weight excluding hydrogens is 641 g/mol. The van der Waals surface area contributed by atoms with Gasteiger partial charge >= 0.3 is 0 Å². The van der Waals surface area contributed by atoms with Crippen LogP contribution in [0.4, 0.5) is 0 Å². The molecule has 0 bridgehead atoms. The van der Waals surface area contributed by atoms with Crippen LogP contribution in [0.15, 0.2) is 63.8 Å². The standard InChI is InChI=1S/C38H48Cl2N7O/c1-23(2)24(3)25-11-15-38(16-12-25)44-34(29-19-30(39)21-31(40)20-29)35(27-7-8-27)47(38)32(13-14-37(4)17-18-37)26-5-9-28(10-6-26)36(48)43-22-33(41)45-46-42/h5-6,9-10,17,19-21,23-25,32,46H,4,7-8,11-16,18,22,42H2,1-3H3,(H2-,41,43,45,48)/q+1/p+1. The maximum Gasteiger partial charge on any atom is 0.272 e. The normalized spacial score (nSPS) is 26.3. The average molecular weight is 691 g/mol. The predicted molar refractivity (Wildman–Crippen MR) is 196 cm³/mol. The summed E-state index contributed by atoms with van der Waals surface area (Å²) in [6, 6.07) is 13.9. The number of hydrazone groups is 1. The van der Waals surface area contributed by atoms with E-state index in [-0.39, 0.29) is 35.4 Å². The number of aliphatic imine (C=N–C) groups is 1. The molecule has 3 atom stereocenters. The lowest BCUT2D eigenvalue weighted by atomic mass is 9.72. The Balaban J connectivity index is 1.39. The fraction of sp³-hybridized carbons (Fsp3) is 0.500. The molecule has 48 heavy (non-hydrogen) atoms. The number of hydrogen-bond donors (Lipinski definition) is 4. The van der Waals surface area contributed by atoms with Crippen molar-refractivity contribution >= 4 is 40.7 Å². The second-order valence-electron chi connectivity index (χ2n) is 14.7. The summed E-state index contributed by atoms with van der Waals surface area (Å²) in [5.41, 5.74) is 14.0. The zero-order valence-electron chi connectivity index (χ0n) is 28.4. The van der Waals surface area contributed by atoms with Gasteiger partial charge in [0.15, 0.2) is 6.42 Å². The van der Waals surface area contributed by atoms with E-state index < -0.39 is 0 Å². The van der Waals surface area contributed by atoms with Crippen LogP contribution in [-0.4, -0.2) is 34.6 Å². The summed E-state index contributed by atoms with van der Waals surface area (Å²) in [6.45, 7) is 11.7. The molecule has 4 aliphatic rings. The minimum atomic E-state index is -0.377. The molecule has 6 rings (SSSR count). The number of hydrogen-bond acceptors (Lipinski definition) is 6. The van der Waals surface area contributed by atoms with Crippen molar-refractivity contribution in [2.75, 3.05) is 6.54 Å². The van der Waals surface area contributed by atoms with Gasteiger partial charge in [-0.15, -0.1) is 0 Å². The average Bonchev–Trinajstić information content (AvgIpc) is 4.00. The maximum atomic E-state index is 13.0. The SMILES string of the molecule is [CH2+]C1(CCC(c2ccc(C(=O)NC/C(N)=N\NN)cc2)N2C(=C3CC3)C(c3cc(Cl)cc(Cl)c3)=NC23CCC(C(C)C(C)C)CC3)[CH+]C1. The molecule has 8 nitrogen and oxygen atoms in total. The van der Waals surface area contributed by atoms with Crippen molar-refractivity contribution in [1.29, 1.82) is 0 Å². The van der Waals surface area contributed by atoms with Crippen LogP contribution in [-0.2, 0) is 0 Å². The quantitative estimate of drug-likeness (QED) is 0.0597. The second kappa shape index (κ2) is 13.9. The first-order valence-corrected chi connectivity index (χ1v) is 18.1. The molecule has 3 saturated carbocycles. The number of nitrogens with two attached hydrogens (primary N) is 2. The third-order valence-electron chi connectivity index (χ3n) is 11.0. The number of rotatable bonds is 12. The van der Waals surface area contributed by atoms with Crippen molar-refractivity contribution < 1.29 is 4.79 Å². The van der Waals surface area contributed by atoms with E-state index in [1.165, 1.54) is 16.8 Å². The number of allylic oxidation sites excluding steroid dienone is 2. The highest BCUT2D eigenvalue weighted by Gasteiger charge is 2.60. The first-order chi connectivity index (χ1) is 22.9. The van der Waals surface area contributed by atoms with Gasteiger partial charge in [0.1, 0.15) is 24.8 Å². The highest BCUT2D eigenvalue weighted by molar-refractivity contribution is 6.35. The van der Waals surface area contributed by atoms with Gasteiger partial charge in [-0.2, -0.15) is 5.10 Å². The number of nitrogens with one attached hydrogen (secondary N) is 2. The van der Waals surface area contributed by atoms with Crippen LogP contribution in [0.5, 0.6) is 0 Å². The Morgan fingerprint density at radius 3 is 2.33 bits per heavy atom. The lowest BCUT2D eigenvalue weighted by Crippen LogP contribution is -2.48. The van der Waals surface area contributed by atoms with Crippen LogP contribution in [0, 0.1) is 36.5 Å². The molecule has 3 unspecified atom stereocenters. The number of carbonyl (C=O) groups is 1. The number of hydrazine groups is 1.